The first-order valence-electron chi connectivity index (χ1n) is 17.8. The zero-order chi connectivity index (χ0) is 33.6. The number of hydrogen-bond acceptors (Lipinski definition) is 5. The second kappa shape index (κ2) is 18.6. The number of ether oxygens (including phenoxy) is 1. The fraction of sp³-hybridized carbons (Fsp3) is 0.658. The zero-order valence-electron chi connectivity index (χ0n) is 29.1. The Hall–Kier alpha value is -1.93. The predicted molar refractivity (Wildman–Crippen MR) is 191 cm³/mol. The van der Waals surface area contributed by atoms with Gasteiger partial charge in [-0.1, -0.05) is 119 Å². The second-order valence-electron chi connectivity index (χ2n) is 13.8. The number of rotatable bonds is 22. The number of carbonyl (C=O) groups is 1. The summed E-state index contributed by atoms with van der Waals surface area (Å²) in [5.41, 5.74) is 2.29. The van der Waals surface area contributed by atoms with Crippen LogP contribution in [0.5, 0.6) is 0 Å². The molecule has 0 N–H and O–H groups in total. The maximum atomic E-state index is 13.8. The molecular formula is C38H59ClNO5S+. The second-order valence-corrected chi connectivity index (χ2v) is 15.8. The summed E-state index contributed by atoms with van der Waals surface area (Å²) < 4.78 is 38.6. The average Bonchev–Trinajstić information content (AvgIpc) is 3.18. The molecular weight excluding hydrogens is 618 g/mol. The number of hydrogen-bond donors (Lipinski definition) is 0. The molecule has 1 heterocycles. The lowest BCUT2D eigenvalue weighted by molar-refractivity contribution is -0.139. The van der Waals surface area contributed by atoms with Gasteiger partial charge in [0.15, 0.2) is 5.69 Å². The first-order chi connectivity index (χ1) is 22.0. The number of halogens is 1. The first kappa shape index (κ1) is 38.5. The van der Waals surface area contributed by atoms with E-state index >= 15 is 0 Å². The van der Waals surface area contributed by atoms with Crippen molar-refractivity contribution in [3.05, 3.63) is 58.6 Å². The minimum absolute atomic E-state index is 0.0853. The van der Waals surface area contributed by atoms with Gasteiger partial charge in [0, 0.05) is 16.7 Å². The molecule has 0 amide bonds. The number of hydroxylamine groups is 2. The lowest BCUT2D eigenvalue weighted by Gasteiger charge is -2.37. The molecule has 46 heavy (non-hydrogen) atoms. The van der Waals surface area contributed by atoms with Crippen LogP contribution in [0.3, 0.4) is 0 Å². The van der Waals surface area contributed by atoms with Crippen molar-refractivity contribution in [3.8, 4) is 0 Å². The molecule has 2 unspecified atom stereocenters. The van der Waals surface area contributed by atoms with Crippen LogP contribution in [0.25, 0.3) is 0 Å². The summed E-state index contributed by atoms with van der Waals surface area (Å²) in [6.07, 6.45) is 20.6. The van der Waals surface area contributed by atoms with Crippen LogP contribution in [0.2, 0.25) is 5.02 Å². The van der Waals surface area contributed by atoms with Crippen molar-refractivity contribution in [1.29, 1.82) is 0 Å². The monoisotopic (exact) mass is 676 g/mol. The highest BCUT2D eigenvalue weighted by molar-refractivity contribution is 7.86. The molecule has 1 aliphatic heterocycles. The zero-order valence-corrected chi connectivity index (χ0v) is 30.7. The van der Waals surface area contributed by atoms with Gasteiger partial charge in [0.1, 0.15) is 12.6 Å². The summed E-state index contributed by atoms with van der Waals surface area (Å²) >= 11 is 6.06. The van der Waals surface area contributed by atoms with Crippen molar-refractivity contribution in [3.63, 3.8) is 0 Å². The molecule has 8 heteroatoms. The van der Waals surface area contributed by atoms with Crippen LogP contribution >= 0.6 is 11.6 Å². The number of quaternary nitrogens is 1. The first-order valence-corrected chi connectivity index (χ1v) is 19.6. The van der Waals surface area contributed by atoms with Gasteiger partial charge in [0.05, 0.1) is 23.8 Å². The number of methoxy groups -OCH3 is 1. The molecule has 2 atom stereocenters. The number of esters is 1. The van der Waals surface area contributed by atoms with Crippen molar-refractivity contribution >= 4 is 33.4 Å². The molecule has 1 aliphatic rings. The van der Waals surface area contributed by atoms with Crippen LogP contribution in [-0.2, 0) is 35.8 Å². The van der Waals surface area contributed by atoms with Crippen molar-refractivity contribution < 1.29 is 22.2 Å². The van der Waals surface area contributed by atoms with Gasteiger partial charge in [-0.2, -0.15) is 8.42 Å². The Bertz CT molecular complexity index is 1330. The lowest BCUT2D eigenvalue weighted by Crippen LogP contribution is -2.58. The van der Waals surface area contributed by atoms with Gasteiger partial charge in [-0.25, -0.2) is 0 Å². The molecule has 0 radical (unpaired) electrons. The molecule has 0 fully saturated rings. The molecule has 0 saturated carbocycles. The van der Waals surface area contributed by atoms with Crippen LogP contribution in [0, 0.1) is 0 Å². The number of fused-ring (bicyclic) bond motifs is 1. The van der Waals surface area contributed by atoms with E-state index in [1.54, 1.807) is 12.1 Å². The third-order valence-electron chi connectivity index (χ3n) is 10.1. The van der Waals surface area contributed by atoms with Crippen LogP contribution in [0.4, 0.5) is 5.69 Å². The molecule has 258 valence electrons. The average molecular weight is 677 g/mol. The molecule has 0 spiro atoms. The van der Waals surface area contributed by atoms with Crippen LogP contribution in [0.1, 0.15) is 142 Å². The van der Waals surface area contributed by atoms with Crippen molar-refractivity contribution in [2.45, 2.75) is 153 Å². The summed E-state index contributed by atoms with van der Waals surface area (Å²) in [4.78, 5) is 12.1. The summed E-state index contributed by atoms with van der Waals surface area (Å²) in [6, 6.07) is 11.8. The Morgan fingerprint density at radius 3 is 1.80 bits per heavy atom. The molecule has 2 aromatic rings. The molecule has 3 rings (SSSR count). The summed E-state index contributed by atoms with van der Waals surface area (Å²) in [6.45, 7) is 9.14. The Kier molecular flexibility index (Phi) is 15.5. The number of benzene rings is 2. The topological polar surface area (TPSA) is 69.7 Å². The Labute approximate surface area is 284 Å². The Balaban J connectivity index is 1.61. The van der Waals surface area contributed by atoms with Crippen LogP contribution < -0.4 is 4.65 Å². The predicted octanol–water partition coefficient (Wildman–Crippen LogP) is 10.6. The summed E-state index contributed by atoms with van der Waals surface area (Å²) in [5.74, 6) is -0.306. The number of nitrogens with zero attached hydrogens (tertiary/aromatic N) is 1. The van der Waals surface area contributed by atoms with E-state index in [9.17, 15) is 13.2 Å². The van der Waals surface area contributed by atoms with Gasteiger partial charge in [-0.05, 0) is 69.5 Å². The van der Waals surface area contributed by atoms with E-state index in [2.05, 4.69) is 27.7 Å². The minimum atomic E-state index is -4.11. The SMILES string of the molecule is CCCCCCCCCCCCCCCCCC[N+]1(OS(=O)(=O)c2ccc(Cl)cc2)c2ccc(CC(=O)OC)cc2C(C)(C)C1C. The van der Waals surface area contributed by atoms with Gasteiger partial charge in [0.25, 0.3) is 0 Å². The molecule has 0 aliphatic carbocycles. The summed E-state index contributed by atoms with van der Waals surface area (Å²) in [5, 5.41) is 0.468. The summed E-state index contributed by atoms with van der Waals surface area (Å²) in [7, 11) is -2.72. The van der Waals surface area contributed by atoms with Crippen molar-refractivity contribution in [2.24, 2.45) is 0 Å². The fourth-order valence-corrected chi connectivity index (χ4v) is 8.22. The third-order valence-corrected chi connectivity index (χ3v) is 11.7. The van der Waals surface area contributed by atoms with Crippen LogP contribution in [-0.4, -0.2) is 34.1 Å². The van der Waals surface area contributed by atoms with Crippen molar-refractivity contribution in [1.82, 2.24) is 4.65 Å². The quantitative estimate of drug-likeness (QED) is 0.0705. The maximum absolute atomic E-state index is 13.8. The van der Waals surface area contributed by atoms with E-state index in [4.69, 9.17) is 20.6 Å². The van der Waals surface area contributed by atoms with E-state index in [1.807, 2.05) is 18.2 Å². The lowest BCUT2D eigenvalue weighted by atomic mass is 9.80. The van der Waals surface area contributed by atoms with E-state index < -0.39 is 15.5 Å². The third kappa shape index (κ3) is 10.5. The van der Waals surface area contributed by atoms with E-state index in [0.29, 0.717) is 11.6 Å². The smallest absolute Gasteiger partial charge is 0.343 e. The van der Waals surface area contributed by atoms with Gasteiger partial charge in [-0.3, -0.25) is 4.79 Å². The van der Waals surface area contributed by atoms with Gasteiger partial charge in [0.2, 0.25) is 0 Å². The largest absolute Gasteiger partial charge is 0.469 e. The number of carbonyl (C=O) groups excluding carboxylic acids is 1. The fourth-order valence-electron chi connectivity index (χ4n) is 6.90. The molecule has 6 nitrogen and oxygen atoms in total. The van der Waals surface area contributed by atoms with E-state index in [0.717, 1.165) is 36.1 Å². The maximum Gasteiger partial charge on any atom is 0.343 e. The Morgan fingerprint density at radius 1 is 0.804 bits per heavy atom. The Morgan fingerprint density at radius 2 is 1.30 bits per heavy atom. The molecule has 0 saturated heterocycles. The van der Waals surface area contributed by atoms with Gasteiger partial charge in [-0.15, -0.1) is 4.65 Å². The van der Waals surface area contributed by atoms with Crippen molar-refractivity contribution in [2.75, 3.05) is 13.7 Å². The molecule has 0 aromatic heterocycles. The van der Waals surface area contributed by atoms with Gasteiger partial charge < -0.3 is 4.74 Å². The van der Waals surface area contributed by atoms with E-state index in [-0.39, 0.29) is 28.0 Å². The molecule has 0 bridgehead atoms. The normalized spacial score (nSPS) is 18.9. The van der Waals surface area contributed by atoms with E-state index in [1.165, 1.54) is 103 Å². The minimum Gasteiger partial charge on any atom is -0.469 e. The standard InChI is InChI=1S/C38H59ClNO5S/c1-6-7-8-9-10-11-12-13-14-15-16-17-18-19-20-21-28-40(45-46(42,43)34-25-23-33(39)24-26-34)31(2)38(3,4)35-29-32(22-27-36(35)40)30-37(41)44-5/h22-27,29,31H,6-21,28,30H2,1-5H3/q+1. The van der Waals surface area contributed by atoms with Gasteiger partial charge >= 0.3 is 16.1 Å². The number of unbranched alkanes of at least 4 members (excludes halogenated alkanes) is 15. The van der Waals surface area contributed by atoms with Crippen LogP contribution in [0.15, 0.2) is 47.4 Å². The molecule has 2 aromatic carbocycles. The highest BCUT2D eigenvalue weighted by Gasteiger charge is 2.59. The highest BCUT2D eigenvalue weighted by atomic mass is 35.5. The highest BCUT2D eigenvalue weighted by Crippen LogP contribution is 2.51.